The molecule has 3 heterocycles. The Balaban J connectivity index is 1.97. The van der Waals surface area contributed by atoms with E-state index in [1.165, 1.54) is 0 Å². The molecular weight excluding hydrogens is 254 g/mol. The van der Waals surface area contributed by atoms with Crippen LogP contribution in [-0.2, 0) is 6.54 Å². The normalized spacial score (nSPS) is 10.9. The van der Waals surface area contributed by atoms with E-state index in [0.29, 0.717) is 6.54 Å². The Labute approximate surface area is 117 Å². The van der Waals surface area contributed by atoms with Crippen molar-refractivity contribution in [1.29, 1.82) is 0 Å². The molecule has 3 aromatic rings. The lowest BCUT2D eigenvalue weighted by molar-refractivity contribution is 0.507. The quantitative estimate of drug-likeness (QED) is 0.772. The summed E-state index contributed by atoms with van der Waals surface area (Å²) in [7, 11) is 1.98. The highest BCUT2D eigenvalue weighted by Crippen LogP contribution is 2.21. The van der Waals surface area contributed by atoms with Crippen molar-refractivity contribution in [2.45, 2.75) is 13.5 Å². The Morgan fingerprint density at radius 1 is 1.45 bits per heavy atom. The van der Waals surface area contributed by atoms with E-state index in [4.69, 9.17) is 4.42 Å². The Bertz CT molecular complexity index is 689. The minimum Gasteiger partial charge on any atom is -0.467 e. The van der Waals surface area contributed by atoms with E-state index in [-0.39, 0.29) is 0 Å². The van der Waals surface area contributed by atoms with E-state index in [1.807, 2.05) is 47.8 Å². The molecule has 1 N–H and O–H groups in total. The largest absolute Gasteiger partial charge is 0.467 e. The molecule has 6 heteroatoms. The standard InChI is InChI=1S/C14H17N5O/c1-3-15-12-10-19-7-6-16-13(19)14(17-12)18(2)9-11-5-4-8-20-11/h4-8,10,15H,3,9H2,1-2H3. The Hall–Kier alpha value is -2.50. The van der Waals surface area contributed by atoms with Crippen LogP contribution in [0.5, 0.6) is 0 Å². The number of hydrogen-bond acceptors (Lipinski definition) is 5. The van der Waals surface area contributed by atoms with Crippen LogP contribution in [0.4, 0.5) is 11.6 Å². The zero-order chi connectivity index (χ0) is 13.9. The number of nitrogens with one attached hydrogen (secondary N) is 1. The molecule has 0 saturated carbocycles. The third-order valence-corrected chi connectivity index (χ3v) is 3.05. The zero-order valence-electron chi connectivity index (χ0n) is 11.6. The van der Waals surface area contributed by atoms with Crippen LogP contribution in [0.15, 0.2) is 41.4 Å². The van der Waals surface area contributed by atoms with Gasteiger partial charge in [0.15, 0.2) is 11.5 Å². The van der Waals surface area contributed by atoms with Crippen molar-refractivity contribution in [3.05, 3.63) is 42.7 Å². The number of imidazole rings is 1. The highest BCUT2D eigenvalue weighted by Gasteiger charge is 2.13. The van der Waals surface area contributed by atoms with Gasteiger partial charge >= 0.3 is 0 Å². The van der Waals surface area contributed by atoms with Gasteiger partial charge in [0.2, 0.25) is 0 Å². The highest BCUT2D eigenvalue weighted by atomic mass is 16.3. The van der Waals surface area contributed by atoms with Gasteiger partial charge in [0.25, 0.3) is 0 Å². The predicted octanol–water partition coefficient (Wildman–Crippen LogP) is 2.39. The first-order valence-corrected chi connectivity index (χ1v) is 6.59. The first-order chi connectivity index (χ1) is 9.78. The number of aromatic nitrogens is 3. The molecule has 0 aliphatic heterocycles. The fourth-order valence-corrected chi connectivity index (χ4v) is 2.15. The number of rotatable bonds is 5. The summed E-state index contributed by atoms with van der Waals surface area (Å²) in [4.78, 5) is 11.0. The first-order valence-electron chi connectivity index (χ1n) is 6.59. The van der Waals surface area contributed by atoms with Crippen LogP contribution >= 0.6 is 0 Å². The van der Waals surface area contributed by atoms with Gasteiger partial charge in [-0.05, 0) is 19.1 Å². The number of hydrogen-bond donors (Lipinski definition) is 1. The van der Waals surface area contributed by atoms with Crippen molar-refractivity contribution >= 4 is 17.3 Å². The Morgan fingerprint density at radius 3 is 3.10 bits per heavy atom. The summed E-state index contributed by atoms with van der Waals surface area (Å²) >= 11 is 0. The van der Waals surface area contributed by atoms with Gasteiger partial charge in [-0.1, -0.05) is 0 Å². The van der Waals surface area contributed by atoms with Crippen LogP contribution in [0, 0.1) is 0 Å². The van der Waals surface area contributed by atoms with Crippen molar-refractivity contribution in [2.75, 3.05) is 23.8 Å². The summed E-state index contributed by atoms with van der Waals surface area (Å²) in [6, 6.07) is 3.84. The molecule has 0 radical (unpaired) electrons. The van der Waals surface area contributed by atoms with Crippen molar-refractivity contribution < 1.29 is 4.42 Å². The van der Waals surface area contributed by atoms with Crippen LogP contribution in [0.1, 0.15) is 12.7 Å². The molecule has 0 aliphatic rings. The van der Waals surface area contributed by atoms with Crippen LogP contribution in [0.25, 0.3) is 5.65 Å². The van der Waals surface area contributed by atoms with Crippen molar-refractivity contribution in [3.8, 4) is 0 Å². The summed E-state index contributed by atoms with van der Waals surface area (Å²) in [5.41, 5.74) is 0.834. The predicted molar refractivity (Wildman–Crippen MR) is 78.0 cm³/mol. The number of anilines is 2. The second-order valence-electron chi connectivity index (χ2n) is 4.57. The molecular formula is C14H17N5O. The SMILES string of the molecule is CCNc1cn2ccnc2c(N(C)Cc2ccco2)n1. The average molecular weight is 271 g/mol. The van der Waals surface area contributed by atoms with Crippen LogP contribution in [0.3, 0.4) is 0 Å². The van der Waals surface area contributed by atoms with Gasteiger partial charge in [-0.2, -0.15) is 0 Å². The minimum atomic E-state index is 0.651. The summed E-state index contributed by atoms with van der Waals surface area (Å²) in [6.45, 7) is 3.53. The maximum Gasteiger partial charge on any atom is 0.180 e. The molecule has 3 rings (SSSR count). The molecule has 0 aliphatic carbocycles. The monoisotopic (exact) mass is 271 g/mol. The molecule has 0 amide bonds. The topological polar surface area (TPSA) is 58.6 Å². The van der Waals surface area contributed by atoms with Gasteiger partial charge in [0, 0.05) is 26.0 Å². The second-order valence-corrected chi connectivity index (χ2v) is 4.57. The van der Waals surface area contributed by atoms with Gasteiger partial charge < -0.3 is 19.0 Å². The molecule has 0 bridgehead atoms. The minimum absolute atomic E-state index is 0.651. The van der Waals surface area contributed by atoms with E-state index in [9.17, 15) is 0 Å². The van der Waals surface area contributed by atoms with Crippen molar-refractivity contribution in [2.24, 2.45) is 0 Å². The smallest absolute Gasteiger partial charge is 0.180 e. The number of nitrogens with zero attached hydrogens (tertiary/aromatic N) is 4. The molecule has 0 atom stereocenters. The summed E-state index contributed by atoms with van der Waals surface area (Å²) in [5.74, 6) is 2.55. The van der Waals surface area contributed by atoms with Crippen LogP contribution < -0.4 is 10.2 Å². The fourth-order valence-electron chi connectivity index (χ4n) is 2.15. The van der Waals surface area contributed by atoms with E-state index in [1.54, 1.807) is 12.5 Å². The van der Waals surface area contributed by atoms with E-state index < -0.39 is 0 Å². The molecule has 0 saturated heterocycles. The van der Waals surface area contributed by atoms with Crippen LogP contribution in [-0.4, -0.2) is 28.0 Å². The summed E-state index contributed by atoms with van der Waals surface area (Å²) < 4.78 is 7.36. The molecule has 6 nitrogen and oxygen atoms in total. The molecule has 3 aromatic heterocycles. The van der Waals surface area contributed by atoms with Gasteiger partial charge in [-0.15, -0.1) is 0 Å². The Kier molecular flexibility index (Phi) is 3.28. The van der Waals surface area contributed by atoms with Gasteiger partial charge in [0.05, 0.1) is 19.0 Å². The van der Waals surface area contributed by atoms with E-state index in [2.05, 4.69) is 15.3 Å². The number of furan rings is 1. The Morgan fingerprint density at radius 2 is 2.35 bits per heavy atom. The van der Waals surface area contributed by atoms with E-state index in [0.717, 1.165) is 29.6 Å². The average Bonchev–Trinajstić information content (AvgIpc) is 3.08. The van der Waals surface area contributed by atoms with Crippen molar-refractivity contribution in [1.82, 2.24) is 14.4 Å². The molecule has 0 spiro atoms. The van der Waals surface area contributed by atoms with Crippen LogP contribution in [0.2, 0.25) is 0 Å². The molecule has 0 aromatic carbocycles. The molecule has 0 fully saturated rings. The zero-order valence-corrected chi connectivity index (χ0v) is 11.6. The first kappa shape index (κ1) is 12.5. The maximum absolute atomic E-state index is 5.38. The van der Waals surface area contributed by atoms with Gasteiger partial charge in [-0.25, -0.2) is 9.97 Å². The van der Waals surface area contributed by atoms with Gasteiger partial charge in [0.1, 0.15) is 11.6 Å². The molecule has 20 heavy (non-hydrogen) atoms. The molecule has 0 unspecified atom stereocenters. The summed E-state index contributed by atoms with van der Waals surface area (Å²) in [6.07, 6.45) is 7.31. The number of fused-ring (bicyclic) bond motifs is 1. The maximum atomic E-state index is 5.38. The summed E-state index contributed by atoms with van der Waals surface area (Å²) in [5, 5.41) is 3.23. The third-order valence-electron chi connectivity index (χ3n) is 3.05. The second kappa shape index (κ2) is 5.24. The van der Waals surface area contributed by atoms with Gasteiger partial charge in [-0.3, -0.25) is 0 Å². The van der Waals surface area contributed by atoms with E-state index >= 15 is 0 Å². The lowest BCUT2D eigenvalue weighted by Crippen LogP contribution is -2.19. The lowest BCUT2D eigenvalue weighted by atomic mass is 10.4. The fraction of sp³-hybridized carbons (Fsp3) is 0.286. The highest BCUT2D eigenvalue weighted by molar-refractivity contribution is 5.66. The molecule has 104 valence electrons. The van der Waals surface area contributed by atoms with Crippen molar-refractivity contribution in [3.63, 3.8) is 0 Å². The lowest BCUT2D eigenvalue weighted by Gasteiger charge is -2.18. The third kappa shape index (κ3) is 2.32.